The van der Waals surface area contributed by atoms with Crippen LogP contribution in [0.5, 0.6) is 11.5 Å². The van der Waals surface area contributed by atoms with Crippen molar-refractivity contribution in [3.8, 4) is 11.5 Å². The van der Waals surface area contributed by atoms with Crippen LogP contribution in [-0.2, 0) is 0 Å². The first-order valence-electron chi connectivity index (χ1n) is 11.5. The summed E-state index contributed by atoms with van der Waals surface area (Å²) in [6, 6.07) is 10.2. The van der Waals surface area contributed by atoms with Crippen LogP contribution in [0.4, 0.5) is 17.5 Å². The highest BCUT2D eigenvalue weighted by Gasteiger charge is 2.17. The highest BCUT2D eigenvalue weighted by molar-refractivity contribution is 5.95. The summed E-state index contributed by atoms with van der Waals surface area (Å²) >= 11 is 0. The summed E-state index contributed by atoms with van der Waals surface area (Å²) in [6.45, 7) is 10.4. The zero-order valence-electron chi connectivity index (χ0n) is 20.4. The standard InChI is InChI=1S/C26H33N5O2/c1-7-11-31(12-8-2)26-29-22-15-24(33-6)23(32-5)14-20(22)25(30-26)28-18-9-10-21-19(13-18)16(3)17(4)27-21/h9-10,13-15,27H,7-8,11-12H2,1-6H3,(H,28,29,30). The van der Waals surface area contributed by atoms with E-state index in [0.717, 1.165) is 59.8 Å². The predicted octanol–water partition coefficient (Wildman–Crippen LogP) is 6.12. The summed E-state index contributed by atoms with van der Waals surface area (Å²) in [5.41, 5.74) is 5.36. The minimum absolute atomic E-state index is 0.649. The van der Waals surface area contributed by atoms with Gasteiger partial charge in [-0.2, -0.15) is 4.98 Å². The number of aromatic nitrogens is 3. The van der Waals surface area contributed by atoms with Gasteiger partial charge in [0.05, 0.1) is 19.7 Å². The van der Waals surface area contributed by atoms with E-state index in [9.17, 15) is 0 Å². The number of methoxy groups -OCH3 is 2. The number of hydrogen-bond acceptors (Lipinski definition) is 6. The average Bonchev–Trinajstić information content (AvgIpc) is 3.11. The van der Waals surface area contributed by atoms with Gasteiger partial charge in [0, 0.05) is 46.8 Å². The Morgan fingerprint density at radius 2 is 1.61 bits per heavy atom. The van der Waals surface area contributed by atoms with E-state index < -0.39 is 0 Å². The van der Waals surface area contributed by atoms with E-state index in [-0.39, 0.29) is 0 Å². The molecule has 0 atom stereocenters. The van der Waals surface area contributed by atoms with Crippen molar-refractivity contribution in [2.75, 3.05) is 37.5 Å². The van der Waals surface area contributed by atoms with Gasteiger partial charge in [0.15, 0.2) is 11.5 Å². The van der Waals surface area contributed by atoms with Crippen LogP contribution in [0.3, 0.4) is 0 Å². The molecule has 33 heavy (non-hydrogen) atoms. The van der Waals surface area contributed by atoms with Gasteiger partial charge in [-0.1, -0.05) is 13.8 Å². The van der Waals surface area contributed by atoms with Crippen molar-refractivity contribution in [2.45, 2.75) is 40.5 Å². The van der Waals surface area contributed by atoms with Crippen molar-refractivity contribution in [3.63, 3.8) is 0 Å². The molecule has 174 valence electrons. The van der Waals surface area contributed by atoms with Gasteiger partial charge >= 0.3 is 0 Å². The fourth-order valence-corrected chi connectivity index (χ4v) is 4.21. The number of fused-ring (bicyclic) bond motifs is 2. The van der Waals surface area contributed by atoms with Crippen molar-refractivity contribution in [1.29, 1.82) is 0 Å². The van der Waals surface area contributed by atoms with Gasteiger partial charge < -0.3 is 24.7 Å². The Kier molecular flexibility index (Phi) is 6.58. The minimum atomic E-state index is 0.649. The molecule has 2 aromatic carbocycles. The molecule has 0 aliphatic heterocycles. The van der Waals surface area contributed by atoms with Crippen LogP contribution in [0.25, 0.3) is 21.8 Å². The summed E-state index contributed by atoms with van der Waals surface area (Å²) in [5.74, 6) is 2.77. The molecular formula is C26H33N5O2. The quantitative estimate of drug-likeness (QED) is 0.322. The number of nitrogens with one attached hydrogen (secondary N) is 2. The molecule has 2 aromatic heterocycles. The fourth-order valence-electron chi connectivity index (χ4n) is 4.21. The zero-order chi connectivity index (χ0) is 23.5. The molecule has 0 aliphatic rings. The maximum atomic E-state index is 5.56. The lowest BCUT2D eigenvalue weighted by Gasteiger charge is -2.23. The van der Waals surface area contributed by atoms with Gasteiger partial charge in [0.2, 0.25) is 5.95 Å². The minimum Gasteiger partial charge on any atom is -0.493 e. The van der Waals surface area contributed by atoms with Crippen LogP contribution < -0.4 is 19.7 Å². The number of hydrogen-bond donors (Lipinski definition) is 2. The molecule has 0 aliphatic carbocycles. The maximum Gasteiger partial charge on any atom is 0.227 e. The Bertz CT molecular complexity index is 1280. The first-order valence-corrected chi connectivity index (χ1v) is 11.5. The van der Waals surface area contributed by atoms with E-state index in [0.29, 0.717) is 11.5 Å². The van der Waals surface area contributed by atoms with Crippen molar-refractivity contribution < 1.29 is 9.47 Å². The lowest BCUT2D eigenvalue weighted by molar-refractivity contribution is 0.356. The number of anilines is 3. The van der Waals surface area contributed by atoms with E-state index in [2.05, 4.69) is 61.1 Å². The molecule has 0 amide bonds. The van der Waals surface area contributed by atoms with Crippen molar-refractivity contribution in [3.05, 3.63) is 41.6 Å². The topological polar surface area (TPSA) is 75.3 Å². The van der Waals surface area contributed by atoms with Crippen LogP contribution in [0.1, 0.15) is 37.9 Å². The van der Waals surface area contributed by atoms with Crippen molar-refractivity contribution >= 4 is 39.3 Å². The second-order valence-electron chi connectivity index (χ2n) is 8.34. The van der Waals surface area contributed by atoms with E-state index in [4.69, 9.17) is 19.4 Å². The van der Waals surface area contributed by atoms with Gasteiger partial charge in [-0.25, -0.2) is 4.98 Å². The lowest BCUT2D eigenvalue weighted by Crippen LogP contribution is -2.27. The molecule has 0 saturated heterocycles. The van der Waals surface area contributed by atoms with E-state index in [1.807, 2.05) is 12.1 Å². The SMILES string of the molecule is CCCN(CCC)c1nc(Nc2ccc3[nH]c(C)c(C)c3c2)c2cc(OC)c(OC)cc2n1. The normalized spacial score (nSPS) is 11.2. The molecule has 2 N–H and O–H groups in total. The highest BCUT2D eigenvalue weighted by Crippen LogP contribution is 2.36. The summed E-state index contributed by atoms with van der Waals surface area (Å²) in [5, 5.41) is 5.64. The Morgan fingerprint density at radius 3 is 2.27 bits per heavy atom. The first-order chi connectivity index (χ1) is 16.0. The Labute approximate surface area is 195 Å². The number of rotatable bonds is 9. The van der Waals surface area contributed by atoms with Crippen LogP contribution in [0, 0.1) is 13.8 Å². The van der Waals surface area contributed by atoms with Crippen LogP contribution in [-0.4, -0.2) is 42.3 Å². The number of nitrogens with zero attached hydrogens (tertiary/aromatic N) is 3. The average molecular weight is 448 g/mol. The molecule has 4 aromatic rings. The molecule has 0 radical (unpaired) electrons. The van der Waals surface area contributed by atoms with Crippen LogP contribution in [0.2, 0.25) is 0 Å². The van der Waals surface area contributed by atoms with E-state index in [1.54, 1.807) is 14.2 Å². The Balaban J connectivity index is 1.87. The number of ether oxygens (including phenoxy) is 2. The molecule has 7 nitrogen and oxygen atoms in total. The lowest BCUT2D eigenvalue weighted by atomic mass is 10.1. The fraction of sp³-hybridized carbons (Fsp3) is 0.385. The van der Waals surface area contributed by atoms with Gasteiger partial charge in [-0.05, 0) is 56.5 Å². The molecule has 0 spiro atoms. The third-order valence-electron chi connectivity index (χ3n) is 6.03. The third-order valence-corrected chi connectivity index (χ3v) is 6.03. The molecule has 7 heteroatoms. The Morgan fingerprint density at radius 1 is 0.909 bits per heavy atom. The van der Waals surface area contributed by atoms with Crippen LogP contribution >= 0.6 is 0 Å². The number of aromatic amines is 1. The highest BCUT2D eigenvalue weighted by atomic mass is 16.5. The Hall–Kier alpha value is -3.48. The molecule has 0 fully saturated rings. The van der Waals surface area contributed by atoms with Gasteiger partial charge in [-0.3, -0.25) is 0 Å². The molecular weight excluding hydrogens is 414 g/mol. The molecule has 0 unspecified atom stereocenters. The van der Waals surface area contributed by atoms with Gasteiger partial charge in [0.25, 0.3) is 0 Å². The van der Waals surface area contributed by atoms with Gasteiger partial charge in [0.1, 0.15) is 5.82 Å². The number of H-pyrrole nitrogens is 1. The van der Waals surface area contributed by atoms with Crippen LogP contribution in [0.15, 0.2) is 30.3 Å². The van der Waals surface area contributed by atoms with Crippen molar-refractivity contribution in [2.24, 2.45) is 0 Å². The first kappa shape index (κ1) is 22.7. The van der Waals surface area contributed by atoms with E-state index in [1.165, 1.54) is 16.6 Å². The third kappa shape index (κ3) is 4.40. The second-order valence-corrected chi connectivity index (χ2v) is 8.34. The molecule has 0 bridgehead atoms. The molecule has 2 heterocycles. The summed E-state index contributed by atoms with van der Waals surface area (Å²) in [4.78, 5) is 15.5. The maximum absolute atomic E-state index is 5.56. The summed E-state index contributed by atoms with van der Waals surface area (Å²) < 4.78 is 11.1. The monoisotopic (exact) mass is 447 g/mol. The van der Waals surface area contributed by atoms with Crippen molar-refractivity contribution in [1.82, 2.24) is 15.0 Å². The van der Waals surface area contributed by atoms with Gasteiger partial charge in [-0.15, -0.1) is 0 Å². The molecule has 4 rings (SSSR count). The second kappa shape index (κ2) is 9.57. The number of benzene rings is 2. The smallest absolute Gasteiger partial charge is 0.227 e. The zero-order valence-corrected chi connectivity index (χ0v) is 20.4. The largest absolute Gasteiger partial charge is 0.493 e. The predicted molar refractivity (Wildman–Crippen MR) is 136 cm³/mol. The van der Waals surface area contributed by atoms with E-state index >= 15 is 0 Å². The summed E-state index contributed by atoms with van der Waals surface area (Å²) in [6.07, 6.45) is 2.05. The molecule has 0 saturated carbocycles. The summed E-state index contributed by atoms with van der Waals surface area (Å²) in [7, 11) is 3.28. The number of aryl methyl sites for hydroxylation is 2.